The monoisotopic (exact) mass is 410 g/mol. The number of carbonyl (C=O) groups is 2. The van der Waals surface area contributed by atoms with Crippen LogP contribution in [0.5, 0.6) is 0 Å². The van der Waals surface area contributed by atoms with Gasteiger partial charge in [0.2, 0.25) is 0 Å². The summed E-state index contributed by atoms with van der Waals surface area (Å²) in [4.78, 5) is 23.1. The van der Waals surface area contributed by atoms with E-state index in [1.54, 1.807) is 0 Å². The second kappa shape index (κ2) is 14.5. The number of benzene rings is 2. The Labute approximate surface area is 182 Å². The molecule has 2 rings (SSSR count). The van der Waals surface area contributed by atoms with Gasteiger partial charge in [-0.3, -0.25) is 4.79 Å². The number of hydrogen-bond acceptors (Lipinski definition) is 3. The number of aldehydes is 1. The van der Waals surface area contributed by atoms with Crippen molar-refractivity contribution in [2.45, 2.75) is 60.3 Å². The molecule has 1 N–H and O–H groups in total. The van der Waals surface area contributed by atoms with Crippen molar-refractivity contribution in [3.05, 3.63) is 71.8 Å². The van der Waals surface area contributed by atoms with E-state index >= 15 is 0 Å². The average Bonchev–Trinajstić information content (AvgIpc) is 2.76. The van der Waals surface area contributed by atoms with Gasteiger partial charge >= 0.3 is 0 Å². The van der Waals surface area contributed by atoms with E-state index in [0.29, 0.717) is 18.3 Å². The Morgan fingerprint density at radius 3 is 2.13 bits per heavy atom. The van der Waals surface area contributed by atoms with Crippen LogP contribution < -0.4 is 0 Å². The highest BCUT2D eigenvalue weighted by Gasteiger charge is 2.12. The predicted molar refractivity (Wildman–Crippen MR) is 128 cm³/mol. The van der Waals surface area contributed by atoms with Gasteiger partial charge in [0.25, 0.3) is 0 Å². The van der Waals surface area contributed by atoms with Crippen LogP contribution in [-0.4, -0.2) is 24.3 Å². The van der Waals surface area contributed by atoms with E-state index in [-0.39, 0.29) is 5.78 Å². The summed E-state index contributed by atoms with van der Waals surface area (Å²) in [7, 11) is 1.00. The molecule has 0 saturated heterocycles. The summed E-state index contributed by atoms with van der Waals surface area (Å²) in [5, 5.41) is 7.00. The standard InChI is InChI=1S/C20H22O2.C6H12.CH4O/c1-3-7-15-10-11-17(14-19(15)20(22)4-2)18-9-6-5-8-16(18)12-13-21;1-5-6(2,3)4;1-2/h5-6,8-11,13-14H,3-4,7,12H2,1-2H3;5H,1H2,2-4H3;2H,1H3. The number of Topliss-reactive ketones (excluding diaryl/α,β-unsaturated/α-hetero) is 1. The van der Waals surface area contributed by atoms with Crippen LogP contribution in [0.25, 0.3) is 11.1 Å². The fourth-order valence-electron chi connectivity index (χ4n) is 2.75. The molecule has 0 aliphatic carbocycles. The zero-order valence-electron chi connectivity index (χ0n) is 19.5. The fraction of sp³-hybridized carbons (Fsp3) is 0.407. The van der Waals surface area contributed by atoms with E-state index in [0.717, 1.165) is 54.1 Å². The lowest BCUT2D eigenvalue weighted by molar-refractivity contribution is -0.107. The average molecular weight is 411 g/mol. The molecule has 0 spiro atoms. The summed E-state index contributed by atoms with van der Waals surface area (Å²) < 4.78 is 0. The van der Waals surface area contributed by atoms with Crippen LogP contribution in [0.2, 0.25) is 0 Å². The zero-order chi connectivity index (χ0) is 23.2. The Balaban J connectivity index is 0.000000905. The first-order valence-electron chi connectivity index (χ1n) is 10.5. The molecule has 3 heteroatoms. The normalized spacial score (nSPS) is 10.1. The predicted octanol–water partition coefficient (Wildman–Crippen LogP) is 6.47. The van der Waals surface area contributed by atoms with Gasteiger partial charge in [-0.05, 0) is 40.2 Å². The third-order valence-electron chi connectivity index (χ3n) is 4.49. The van der Waals surface area contributed by atoms with Crippen molar-refractivity contribution in [2.24, 2.45) is 5.41 Å². The van der Waals surface area contributed by atoms with Crippen molar-refractivity contribution in [2.75, 3.05) is 7.11 Å². The second-order valence-corrected chi connectivity index (χ2v) is 8.00. The zero-order valence-corrected chi connectivity index (χ0v) is 19.5. The maximum Gasteiger partial charge on any atom is 0.162 e. The number of allylic oxidation sites excluding steroid dienone is 1. The number of aryl methyl sites for hydroxylation is 1. The Kier molecular flexibility index (Phi) is 13.2. The van der Waals surface area contributed by atoms with Crippen molar-refractivity contribution < 1.29 is 14.7 Å². The maximum atomic E-state index is 12.2. The maximum absolute atomic E-state index is 12.2. The minimum absolute atomic E-state index is 0.179. The second-order valence-electron chi connectivity index (χ2n) is 8.00. The minimum Gasteiger partial charge on any atom is -0.400 e. The first-order chi connectivity index (χ1) is 14.3. The number of hydrogen-bond donors (Lipinski definition) is 1. The molecule has 0 unspecified atom stereocenters. The summed E-state index contributed by atoms with van der Waals surface area (Å²) in [6, 6.07) is 14.0. The molecule has 0 aromatic heterocycles. The van der Waals surface area contributed by atoms with Crippen molar-refractivity contribution in [1.29, 1.82) is 0 Å². The molecule has 0 atom stereocenters. The van der Waals surface area contributed by atoms with Gasteiger partial charge in [0.1, 0.15) is 6.29 Å². The third-order valence-corrected chi connectivity index (χ3v) is 4.49. The lowest BCUT2D eigenvalue weighted by Gasteiger charge is -2.12. The Hall–Kier alpha value is -2.52. The molecule has 164 valence electrons. The lowest BCUT2D eigenvalue weighted by Crippen LogP contribution is -2.03. The highest BCUT2D eigenvalue weighted by atomic mass is 16.2. The van der Waals surface area contributed by atoms with Crippen molar-refractivity contribution in [3.8, 4) is 11.1 Å². The number of aliphatic hydroxyl groups excluding tert-OH is 1. The summed E-state index contributed by atoms with van der Waals surface area (Å²) in [6.45, 7) is 14.0. The van der Waals surface area contributed by atoms with E-state index in [4.69, 9.17) is 5.11 Å². The van der Waals surface area contributed by atoms with Gasteiger partial charge in [0, 0.05) is 25.5 Å². The summed E-state index contributed by atoms with van der Waals surface area (Å²) in [5.74, 6) is 0.179. The SMILES string of the molecule is C=CC(C)(C)C.CCCc1ccc(-c2ccccc2CC=O)cc1C(=O)CC.CO. The van der Waals surface area contributed by atoms with E-state index in [1.165, 1.54) is 0 Å². The van der Waals surface area contributed by atoms with Crippen LogP contribution >= 0.6 is 0 Å². The van der Waals surface area contributed by atoms with E-state index < -0.39 is 0 Å². The van der Waals surface area contributed by atoms with Crippen molar-refractivity contribution >= 4 is 12.1 Å². The lowest BCUT2D eigenvalue weighted by atomic mass is 9.91. The topological polar surface area (TPSA) is 54.4 Å². The first kappa shape index (κ1) is 27.5. The molecule has 0 radical (unpaired) electrons. The molecule has 0 aliphatic heterocycles. The van der Waals surface area contributed by atoms with Crippen LogP contribution in [0.15, 0.2) is 55.1 Å². The number of carbonyl (C=O) groups excluding carboxylic acids is 2. The quantitative estimate of drug-likeness (QED) is 0.323. The summed E-state index contributed by atoms with van der Waals surface area (Å²) in [5.41, 5.74) is 5.28. The number of rotatable bonds is 7. The van der Waals surface area contributed by atoms with Crippen molar-refractivity contribution in [3.63, 3.8) is 0 Å². The van der Waals surface area contributed by atoms with Crippen molar-refractivity contribution in [1.82, 2.24) is 0 Å². The van der Waals surface area contributed by atoms with Gasteiger partial charge in [-0.1, -0.05) is 83.5 Å². The molecule has 2 aromatic rings. The van der Waals surface area contributed by atoms with Gasteiger partial charge in [-0.2, -0.15) is 0 Å². The summed E-state index contributed by atoms with van der Waals surface area (Å²) in [6.07, 6.45) is 5.69. The molecule has 0 bridgehead atoms. The smallest absolute Gasteiger partial charge is 0.162 e. The van der Waals surface area contributed by atoms with Crippen LogP contribution in [0.3, 0.4) is 0 Å². The van der Waals surface area contributed by atoms with E-state index in [9.17, 15) is 9.59 Å². The highest BCUT2D eigenvalue weighted by molar-refractivity contribution is 5.98. The van der Waals surface area contributed by atoms with Gasteiger partial charge in [0.05, 0.1) is 0 Å². The molecule has 0 fully saturated rings. The molecule has 0 saturated carbocycles. The molecule has 0 amide bonds. The molecule has 3 nitrogen and oxygen atoms in total. The van der Waals surface area contributed by atoms with Gasteiger partial charge in [-0.25, -0.2) is 0 Å². The molecule has 2 aromatic carbocycles. The Bertz CT molecular complexity index is 798. The molecule has 30 heavy (non-hydrogen) atoms. The molecule has 0 aliphatic rings. The van der Waals surface area contributed by atoms with Gasteiger partial charge < -0.3 is 9.90 Å². The fourth-order valence-corrected chi connectivity index (χ4v) is 2.75. The third kappa shape index (κ3) is 9.32. The van der Waals surface area contributed by atoms with Gasteiger partial charge in [0.15, 0.2) is 5.78 Å². The van der Waals surface area contributed by atoms with Crippen LogP contribution in [-0.2, 0) is 17.6 Å². The van der Waals surface area contributed by atoms with Gasteiger partial charge in [-0.15, -0.1) is 6.58 Å². The Morgan fingerprint density at radius 2 is 1.63 bits per heavy atom. The first-order valence-corrected chi connectivity index (χ1v) is 10.5. The van der Waals surface area contributed by atoms with Crippen LogP contribution in [0.4, 0.5) is 0 Å². The molecular formula is C27H38O3. The number of aliphatic hydroxyl groups is 1. The van der Waals surface area contributed by atoms with E-state index in [2.05, 4.69) is 46.4 Å². The highest BCUT2D eigenvalue weighted by Crippen LogP contribution is 2.27. The summed E-state index contributed by atoms with van der Waals surface area (Å²) >= 11 is 0. The van der Waals surface area contributed by atoms with Crippen LogP contribution in [0, 0.1) is 5.41 Å². The van der Waals surface area contributed by atoms with E-state index in [1.807, 2.05) is 43.3 Å². The molecule has 0 heterocycles. The largest absolute Gasteiger partial charge is 0.400 e. The molecular weight excluding hydrogens is 372 g/mol. The van der Waals surface area contributed by atoms with Crippen LogP contribution in [0.1, 0.15) is 68.9 Å². The Morgan fingerprint density at radius 1 is 1.03 bits per heavy atom. The minimum atomic E-state index is 0.179. The number of ketones is 1.